The van der Waals surface area contributed by atoms with Crippen molar-refractivity contribution in [2.45, 2.75) is 119 Å². The minimum Gasteiger partial charge on any atom is -0.375 e. The highest BCUT2D eigenvalue weighted by molar-refractivity contribution is 7.48. The van der Waals surface area contributed by atoms with Gasteiger partial charge in [0.2, 0.25) is 0 Å². The van der Waals surface area contributed by atoms with Gasteiger partial charge in [0.1, 0.15) is 0 Å². The second-order valence-corrected chi connectivity index (χ2v) is 12.3. The molecule has 204 valence electrons. The van der Waals surface area contributed by atoms with Gasteiger partial charge in [0.25, 0.3) is 0 Å². The van der Waals surface area contributed by atoms with E-state index in [1.807, 2.05) is 0 Å². The summed E-state index contributed by atoms with van der Waals surface area (Å²) < 4.78 is 29.9. The first-order chi connectivity index (χ1) is 16.2. The van der Waals surface area contributed by atoms with E-state index < -0.39 is 7.82 Å². The molecule has 0 bridgehead atoms. The lowest BCUT2D eigenvalue weighted by Gasteiger charge is -2.18. The van der Waals surface area contributed by atoms with Crippen LogP contribution in [0.2, 0.25) is 0 Å². The van der Waals surface area contributed by atoms with Gasteiger partial charge in [0, 0.05) is 6.54 Å². The van der Waals surface area contributed by atoms with Crippen molar-refractivity contribution < 1.29 is 18.1 Å². The maximum Gasteiger partial charge on any atom is 0.474 e. The summed E-state index contributed by atoms with van der Waals surface area (Å²) in [5.41, 5.74) is 0. The van der Waals surface area contributed by atoms with E-state index in [1.165, 1.54) is 38.5 Å². The van der Waals surface area contributed by atoms with Crippen LogP contribution in [0.5, 0.6) is 0 Å². The molecule has 0 fully saturated rings. The van der Waals surface area contributed by atoms with Gasteiger partial charge in [0.05, 0.1) is 32.7 Å². The van der Waals surface area contributed by atoms with Crippen LogP contribution in [0.15, 0.2) is 4.99 Å². The fourth-order valence-corrected chi connectivity index (χ4v) is 4.74. The first kappa shape index (κ1) is 33.6. The van der Waals surface area contributed by atoms with E-state index in [1.54, 1.807) is 6.34 Å². The van der Waals surface area contributed by atoms with E-state index in [0.29, 0.717) is 19.8 Å². The highest BCUT2D eigenvalue weighted by atomic mass is 31.2. The third-order valence-corrected chi connectivity index (χ3v) is 7.09. The largest absolute Gasteiger partial charge is 0.474 e. The molecular formula is C27H57N2O4P. The summed E-state index contributed by atoms with van der Waals surface area (Å²) in [6.45, 7) is 16.8. The summed E-state index contributed by atoms with van der Waals surface area (Å²) >= 11 is 0. The van der Waals surface area contributed by atoms with Crippen LogP contribution in [-0.4, -0.2) is 39.2 Å². The Morgan fingerprint density at radius 3 is 1.29 bits per heavy atom. The first-order valence-corrected chi connectivity index (χ1v) is 15.5. The van der Waals surface area contributed by atoms with Crippen LogP contribution in [0.25, 0.3) is 0 Å². The third-order valence-electron chi connectivity index (χ3n) is 5.59. The fourth-order valence-electron chi connectivity index (χ4n) is 3.46. The topological polar surface area (TPSA) is 69.2 Å². The smallest absolute Gasteiger partial charge is 0.375 e. The van der Waals surface area contributed by atoms with Gasteiger partial charge in [-0.05, 0) is 37.0 Å². The van der Waals surface area contributed by atoms with E-state index in [9.17, 15) is 4.57 Å². The average molecular weight is 505 g/mol. The first-order valence-electron chi connectivity index (χ1n) is 14.0. The monoisotopic (exact) mass is 504 g/mol. The average Bonchev–Trinajstić information content (AvgIpc) is 3.35. The molecule has 0 aliphatic carbocycles. The van der Waals surface area contributed by atoms with E-state index in [-0.39, 0.29) is 0 Å². The Kier molecular flexibility index (Phi) is 22.7. The number of hydrogen-bond acceptors (Lipinski definition) is 6. The second-order valence-electron chi connectivity index (χ2n) is 10.7. The van der Waals surface area contributed by atoms with Crippen molar-refractivity contribution >= 4 is 14.2 Å². The summed E-state index contributed by atoms with van der Waals surface area (Å²) in [6.07, 6.45) is 15.0. The lowest BCUT2D eigenvalue weighted by molar-refractivity contribution is 0.108. The standard InChI is InChI=1S/C24H51O4P.C3H6N2/c1-22(2)16-10-7-13-19-26-29(25,27-20-14-8-11-17-23(3)4)28-21-15-9-12-18-24(5)6;1-2-5-3-4-1/h22-24H,7-21H2,1-6H3;3H,1-2H2,(H,4,5). The minimum absolute atomic E-state index is 0.454. The molecule has 7 heteroatoms. The predicted molar refractivity (Wildman–Crippen MR) is 147 cm³/mol. The van der Waals surface area contributed by atoms with Crippen LogP contribution in [0.4, 0.5) is 0 Å². The molecule has 0 radical (unpaired) electrons. The quantitative estimate of drug-likeness (QED) is 0.125. The van der Waals surface area contributed by atoms with Crippen molar-refractivity contribution in [3.8, 4) is 0 Å². The predicted octanol–water partition coefficient (Wildman–Crippen LogP) is 8.41. The summed E-state index contributed by atoms with van der Waals surface area (Å²) in [6, 6.07) is 0. The van der Waals surface area contributed by atoms with Gasteiger partial charge >= 0.3 is 7.82 Å². The second kappa shape index (κ2) is 23.0. The van der Waals surface area contributed by atoms with Gasteiger partial charge in [-0.3, -0.25) is 18.6 Å². The number of nitrogens with one attached hydrogen (secondary N) is 1. The van der Waals surface area contributed by atoms with Gasteiger partial charge in [-0.1, -0.05) is 99.3 Å². The molecule has 1 aliphatic rings. The van der Waals surface area contributed by atoms with E-state index in [4.69, 9.17) is 13.6 Å². The molecule has 0 aromatic rings. The van der Waals surface area contributed by atoms with Crippen molar-refractivity contribution in [2.24, 2.45) is 22.7 Å². The maximum atomic E-state index is 13.0. The molecule has 34 heavy (non-hydrogen) atoms. The van der Waals surface area contributed by atoms with Crippen LogP contribution in [-0.2, 0) is 18.1 Å². The Balaban J connectivity index is 0.00000190. The summed E-state index contributed by atoms with van der Waals surface area (Å²) in [5.74, 6) is 2.21. The molecule has 1 rings (SSSR count). The highest BCUT2D eigenvalue weighted by Gasteiger charge is 2.26. The van der Waals surface area contributed by atoms with Gasteiger partial charge in [-0.25, -0.2) is 4.57 Å². The maximum absolute atomic E-state index is 13.0. The van der Waals surface area contributed by atoms with Crippen LogP contribution >= 0.6 is 7.82 Å². The lowest BCUT2D eigenvalue weighted by atomic mass is 10.1. The van der Waals surface area contributed by atoms with Gasteiger partial charge < -0.3 is 5.32 Å². The molecular weight excluding hydrogens is 447 g/mol. The lowest BCUT2D eigenvalue weighted by Crippen LogP contribution is -2.04. The molecule has 0 unspecified atom stereocenters. The number of unbranched alkanes of at least 4 members (excludes halogenated alkanes) is 6. The Morgan fingerprint density at radius 1 is 0.676 bits per heavy atom. The molecule has 1 aliphatic heterocycles. The van der Waals surface area contributed by atoms with Crippen molar-refractivity contribution in [2.75, 3.05) is 32.9 Å². The molecule has 1 heterocycles. The van der Waals surface area contributed by atoms with Crippen LogP contribution in [0.3, 0.4) is 0 Å². The molecule has 0 spiro atoms. The third kappa shape index (κ3) is 24.7. The minimum atomic E-state index is -3.42. The van der Waals surface area contributed by atoms with Gasteiger partial charge in [-0.2, -0.15) is 0 Å². The van der Waals surface area contributed by atoms with Crippen molar-refractivity contribution in [1.82, 2.24) is 5.32 Å². The summed E-state index contributed by atoms with van der Waals surface area (Å²) in [4.78, 5) is 3.85. The molecule has 0 amide bonds. The zero-order valence-corrected chi connectivity index (χ0v) is 24.3. The molecule has 6 nitrogen and oxygen atoms in total. The van der Waals surface area contributed by atoms with E-state index >= 15 is 0 Å². The number of hydrogen-bond donors (Lipinski definition) is 1. The number of phosphoric ester groups is 1. The van der Waals surface area contributed by atoms with Crippen molar-refractivity contribution in [3.05, 3.63) is 0 Å². The number of aliphatic imine (C=N–C) groups is 1. The zero-order valence-electron chi connectivity index (χ0n) is 23.4. The molecule has 0 aromatic carbocycles. The van der Waals surface area contributed by atoms with Gasteiger partial charge in [0.15, 0.2) is 0 Å². The molecule has 0 aromatic heterocycles. The van der Waals surface area contributed by atoms with E-state index in [2.05, 4.69) is 51.9 Å². The Labute approximate surface area is 212 Å². The molecule has 1 N–H and O–H groups in total. The molecule has 0 saturated carbocycles. The van der Waals surface area contributed by atoms with Crippen molar-refractivity contribution in [3.63, 3.8) is 0 Å². The zero-order chi connectivity index (χ0) is 25.5. The summed E-state index contributed by atoms with van der Waals surface area (Å²) in [7, 11) is -3.42. The van der Waals surface area contributed by atoms with E-state index in [0.717, 1.165) is 69.4 Å². The Bertz CT molecular complexity index is 450. The van der Waals surface area contributed by atoms with Crippen molar-refractivity contribution in [1.29, 1.82) is 0 Å². The van der Waals surface area contributed by atoms with Crippen LogP contribution in [0, 0.1) is 17.8 Å². The van der Waals surface area contributed by atoms with Crippen LogP contribution < -0.4 is 5.32 Å². The molecule has 0 atom stereocenters. The Hall–Kier alpha value is -0.420. The SMILES string of the molecule is C1=NCCN1.CC(C)CCCCCOP(=O)(OCCCCCC(C)C)OCCCCCC(C)C. The highest BCUT2D eigenvalue weighted by Crippen LogP contribution is 2.50. The normalized spacial score (nSPS) is 13.6. The Morgan fingerprint density at radius 2 is 1.06 bits per heavy atom. The summed E-state index contributed by atoms with van der Waals surface area (Å²) in [5, 5.41) is 2.93. The number of phosphoric acid groups is 1. The number of nitrogens with zero attached hydrogens (tertiary/aromatic N) is 1. The van der Waals surface area contributed by atoms with Crippen LogP contribution in [0.1, 0.15) is 119 Å². The number of rotatable bonds is 21. The molecule has 0 saturated heterocycles. The fraction of sp³-hybridized carbons (Fsp3) is 0.963. The van der Waals surface area contributed by atoms with Gasteiger partial charge in [-0.15, -0.1) is 0 Å².